The van der Waals surface area contributed by atoms with Crippen molar-refractivity contribution in [2.75, 3.05) is 5.32 Å². The van der Waals surface area contributed by atoms with E-state index in [9.17, 15) is 4.79 Å². The second-order valence-electron chi connectivity index (χ2n) is 6.09. The number of aromatic amines is 2. The normalized spacial score (nSPS) is 10.9. The van der Waals surface area contributed by atoms with Crippen LogP contribution in [0.1, 0.15) is 11.1 Å². The highest BCUT2D eigenvalue weighted by Crippen LogP contribution is 2.27. The molecule has 0 unspecified atom stereocenters. The van der Waals surface area contributed by atoms with Crippen molar-refractivity contribution in [1.82, 2.24) is 15.0 Å². The molecule has 124 valence electrons. The van der Waals surface area contributed by atoms with Gasteiger partial charge in [0.25, 0.3) is 0 Å². The van der Waals surface area contributed by atoms with Gasteiger partial charge < -0.3 is 15.3 Å². The molecule has 2 aromatic heterocycles. The number of anilines is 1. The highest BCUT2D eigenvalue weighted by atomic mass is 16.1. The van der Waals surface area contributed by atoms with Crippen LogP contribution in [0.5, 0.6) is 0 Å². The number of H-pyrrole nitrogens is 2. The van der Waals surface area contributed by atoms with Gasteiger partial charge in [-0.05, 0) is 41.8 Å². The van der Waals surface area contributed by atoms with Crippen LogP contribution in [0.4, 0.5) is 5.69 Å². The number of nitrogens with one attached hydrogen (secondary N) is 3. The first-order valence-electron chi connectivity index (χ1n) is 8.15. The van der Waals surface area contributed by atoms with Crippen molar-refractivity contribution in [3.05, 3.63) is 82.5 Å². The van der Waals surface area contributed by atoms with Crippen LogP contribution in [-0.2, 0) is 6.54 Å². The van der Waals surface area contributed by atoms with Crippen LogP contribution < -0.4 is 11.0 Å². The summed E-state index contributed by atoms with van der Waals surface area (Å²) in [6, 6.07) is 16.3. The molecule has 0 fully saturated rings. The molecule has 25 heavy (non-hydrogen) atoms. The molecule has 0 aliphatic carbocycles. The molecule has 0 aliphatic heterocycles. The molecule has 0 aliphatic rings. The topological polar surface area (TPSA) is 73.6 Å². The van der Waals surface area contributed by atoms with E-state index in [0.29, 0.717) is 0 Å². The van der Waals surface area contributed by atoms with Crippen LogP contribution in [-0.4, -0.2) is 15.0 Å². The van der Waals surface area contributed by atoms with Crippen LogP contribution in [0.2, 0.25) is 0 Å². The van der Waals surface area contributed by atoms with Crippen molar-refractivity contribution in [3.8, 4) is 11.1 Å². The predicted molar refractivity (Wildman–Crippen MR) is 101 cm³/mol. The summed E-state index contributed by atoms with van der Waals surface area (Å²) < 4.78 is 0. The summed E-state index contributed by atoms with van der Waals surface area (Å²) >= 11 is 0. The molecule has 4 rings (SSSR count). The Bertz CT molecular complexity index is 1080. The molecule has 0 radical (unpaired) electrons. The molecule has 2 aromatic carbocycles. The first kappa shape index (κ1) is 15.2. The van der Waals surface area contributed by atoms with E-state index < -0.39 is 0 Å². The Morgan fingerprint density at radius 2 is 1.76 bits per heavy atom. The van der Waals surface area contributed by atoms with E-state index >= 15 is 0 Å². The minimum absolute atomic E-state index is 0.192. The van der Waals surface area contributed by atoms with E-state index in [2.05, 4.69) is 38.5 Å². The monoisotopic (exact) mass is 330 g/mol. The Morgan fingerprint density at radius 3 is 2.56 bits per heavy atom. The number of imidazole rings is 1. The zero-order valence-electron chi connectivity index (χ0n) is 13.8. The number of benzene rings is 2. The number of rotatable bonds is 4. The van der Waals surface area contributed by atoms with E-state index in [1.54, 1.807) is 0 Å². The first-order chi connectivity index (χ1) is 12.2. The number of hydrogen-bond acceptors (Lipinski definition) is 3. The summed E-state index contributed by atoms with van der Waals surface area (Å²) in [5, 5.41) is 3.41. The predicted octanol–water partition coefficient (Wildman–Crippen LogP) is 3.84. The minimum Gasteiger partial charge on any atom is -0.380 e. The van der Waals surface area contributed by atoms with Gasteiger partial charge in [0.2, 0.25) is 0 Å². The highest BCUT2D eigenvalue weighted by Gasteiger charge is 2.08. The van der Waals surface area contributed by atoms with E-state index in [1.165, 1.54) is 5.56 Å². The van der Waals surface area contributed by atoms with Gasteiger partial charge in [-0.3, -0.25) is 4.98 Å². The van der Waals surface area contributed by atoms with Crippen molar-refractivity contribution in [2.24, 2.45) is 0 Å². The molecule has 2 heterocycles. The van der Waals surface area contributed by atoms with Gasteiger partial charge in [0, 0.05) is 24.5 Å². The molecule has 0 saturated heterocycles. The molecule has 0 bridgehead atoms. The van der Waals surface area contributed by atoms with Crippen molar-refractivity contribution < 1.29 is 0 Å². The molecule has 0 spiro atoms. The van der Waals surface area contributed by atoms with E-state index in [4.69, 9.17) is 0 Å². The zero-order valence-corrected chi connectivity index (χ0v) is 13.8. The van der Waals surface area contributed by atoms with Gasteiger partial charge >= 0.3 is 5.69 Å². The molecule has 4 aromatic rings. The van der Waals surface area contributed by atoms with Gasteiger partial charge in [-0.25, -0.2) is 4.79 Å². The van der Waals surface area contributed by atoms with Crippen molar-refractivity contribution in [1.29, 1.82) is 0 Å². The van der Waals surface area contributed by atoms with E-state index in [1.807, 2.05) is 49.6 Å². The van der Waals surface area contributed by atoms with Crippen LogP contribution >= 0.6 is 0 Å². The molecule has 5 heteroatoms. The molecule has 5 nitrogen and oxygen atoms in total. The fourth-order valence-electron chi connectivity index (χ4n) is 2.99. The Hall–Kier alpha value is -3.34. The quantitative estimate of drug-likeness (QED) is 0.532. The van der Waals surface area contributed by atoms with E-state index in [-0.39, 0.29) is 5.69 Å². The summed E-state index contributed by atoms with van der Waals surface area (Å²) in [6.07, 6.45) is 3.66. The van der Waals surface area contributed by atoms with Crippen LogP contribution in [0.3, 0.4) is 0 Å². The molecular formula is C20H18N4O. The van der Waals surface area contributed by atoms with Crippen molar-refractivity contribution in [2.45, 2.75) is 13.5 Å². The number of fused-ring (bicyclic) bond motifs is 1. The Balaban J connectivity index is 1.65. The second-order valence-corrected chi connectivity index (χ2v) is 6.09. The van der Waals surface area contributed by atoms with Crippen LogP contribution in [0.15, 0.2) is 65.7 Å². The van der Waals surface area contributed by atoms with Gasteiger partial charge in [-0.15, -0.1) is 0 Å². The summed E-state index contributed by atoms with van der Waals surface area (Å²) in [5.74, 6) is 0. The first-order valence-corrected chi connectivity index (χ1v) is 8.15. The molecule has 0 saturated carbocycles. The number of aryl methyl sites for hydroxylation is 1. The van der Waals surface area contributed by atoms with Gasteiger partial charge in [0.1, 0.15) is 0 Å². The number of nitrogens with zero attached hydrogens (tertiary/aromatic N) is 1. The fraction of sp³-hybridized carbons (Fsp3) is 0.100. The van der Waals surface area contributed by atoms with Crippen LogP contribution in [0.25, 0.3) is 22.2 Å². The Morgan fingerprint density at radius 1 is 1.00 bits per heavy atom. The summed E-state index contributed by atoms with van der Waals surface area (Å²) in [6.45, 7) is 2.78. The molecular weight excluding hydrogens is 312 g/mol. The van der Waals surface area contributed by atoms with E-state index in [0.717, 1.165) is 40.0 Å². The maximum atomic E-state index is 11.5. The fourth-order valence-corrected chi connectivity index (χ4v) is 2.99. The summed E-state index contributed by atoms with van der Waals surface area (Å²) in [5.41, 5.74) is 6.76. The van der Waals surface area contributed by atoms with Gasteiger partial charge in [-0.1, -0.05) is 30.3 Å². The number of aromatic nitrogens is 3. The third-order valence-corrected chi connectivity index (χ3v) is 4.25. The van der Waals surface area contributed by atoms with Crippen molar-refractivity contribution >= 4 is 16.7 Å². The Kier molecular flexibility index (Phi) is 3.82. The maximum absolute atomic E-state index is 11.5. The lowest BCUT2D eigenvalue weighted by Crippen LogP contribution is -2.00. The summed E-state index contributed by atoms with van der Waals surface area (Å²) in [4.78, 5) is 21.4. The maximum Gasteiger partial charge on any atom is 0.323 e. The SMILES string of the molecule is Cc1cc2[nH]c(=O)[nH]c2cc1-c1cncc(NCc2ccccc2)c1. The molecule has 0 amide bonds. The molecule has 0 atom stereocenters. The van der Waals surface area contributed by atoms with Crippen LogP contribution in [0, 0.1) is 6.92 Å². The zero-order chi connectivity index (χ0) is 17.2. The summed E-state index contributed by atoms with van der Waals surface area (Å²) in [7, 11) is 0. The standard InChI is InChI=1S/C20H18N4O/c1-13-7-18-19(24-20(25)23-18)9-17(13)15-8-16(12-21-11-15)22-10-14-5-3-2-4-6-14/h2-9,11-12,22H,10H2,1H3,(H2,23,24,25). The number of hydrogen-bond donors (Lipinski definition) is 3. The lowest BCUT2D eigenvalue weighted by molar-refractivity contribution is 1.14. The lowest BCUT2D eigenvalue weighted by atomic mass is 10.0. The average Bonchev–Trinajstić information content (AvgIpc) is 2.99. The van der Waals surface area contributed by atoms with Gasteiger partial charge in [0.15, 0.2) is 0 Å². The third-order valence-electron chi connectivity index (χ3n) is 4.25. The highest BCUT2D eigenvalue weighted by molar-refractivity contribution is 5.84. The molecule has 3 N–H and O–H groups in total. The van der Waals surface area contributed by atoms with Crippen molar-refractivity contribution in [3.63, 3.8) is 0 Å². The largest absolute Gasteiger partial charge is 0.380 e. The van der Waals surface area contributed by atoms with Gasteiger partial charge in [-0.2, -0.15) is 0 Å². The average molecular weight is 330 g/mol. The number of pyridine rings is 1. The van der Waals surface area contributed by atoms with Gasteiger partial charge in [0.05, 0.1) is 16.7 Å². The minimum atomic E-state index is -0.192. The third kappa shape index (κ3) is 3.17. The second kappa shape index (κ2) is 6.28. The smallest absolute Gasteiger partial charge is 0.323 e. The Labute approximate surface area is 144 Å². The lowest BCUT2D eigenvalue weighted by Gasteiger charge is -2.10.